The van der Waals surface area contributed by atoms with Crippen molar-refractivity contribution in [2.45, 2.75) is 46.1 Å². The van der Waals surface area contributed by atoms with Gasteiger partial charge < -0.3 is 14.3 Å². The molecule has 0 saturated heterocycles. The SMILES string of the molecule is Cc1cc(C=Nc2sc3c(c2C(=O)NCc2ccco2)CCCC3)c(C)n1-c1ccc(Cl)c(Cl)c1. The van der Waals surface area contributed by atoms with Crippen molar-refractivity contribution in [1.29, 1.82) is 0 Å². The summed E-state index contributed by atoms with van der Waals surface area (Å²) in [5.41, 5.74) is 5.87. The Bertz CT molecular complexity index is 1420. The molecule has 0 unspecified atom stereocenters. The predicted octanol–water partition coefficient (Wildman–Crippen LogP) is 7.61. The summed E-state index contributed by atoms with van der Waals surface area (Å²) in [6.45, 7) is 4.45. The van der Waals surface area contributed by atoms with Crippen molar-refractivity contribution >= 4 is 51.7 Å². The molecule has 0 atom stereocenters. The van der Waals surface area contributed by atoms with Crippen molar-refractivity contribution in [2.75, 3.05) is 0 Å². The number of aliphatic imine (C=N–C) groups is 1. The molecular formula is C27H25Cl2N3O2S. The zero-order valence-electron chi connectivity index (χ0n) is 19.5. The number of amides is 1. The Labute approximate surface area is 218 Å². The number of aryl methyl sites for hydroxylation is 2. The number of nitrogens with one attached hydrogen (secondary N) is 1. The van der Waals surface area contributed by atoms with E-state index in [1.165, 1.54) is 4.88 Å². The van der Waals surface area contributed by atoms with Crippen LogP contribution < -0.4 is 5.32 Å². The quantitative estimate of drug-likeness (QED) is 0.263. The topological polar surface area (TPSA) is 59.5 Å². The first-order chi connectivity index (χ1) is 16.9. The fourth-order valence-corrected chi connectivity index (χ4v) is 6.14. The lowest BCUT2D eigenvalue weighted by Gasteiger charge is -2.12. The Morgan fingerprint density at radius 1 is 1.17 bits per heavy atom. The molecule has 3 heterocycles. The molecule has 35 heavy (non-hydrogen) atoms. The van der Waals surface area contributed by atoms with Crippen LogP contribution in [0, 0.1) is 13.8 Å². The maximum absolute atomic E-state index is 13.2. The Morgan fingerprint density at radius 2 is 2.00 bits per heavy atom. The minimum absolute atomic E-state index is 0.103. The molecule has 3 aromatic heterocycles. The first-order valence-electron chi connectivity index (χ1n) is 11.6. The lowest BCUT2D eigenvalue weighted by atomic mass is 9.95. The standard InChI is InChI=1S/C27H25Cl2N3O2S/c1-16-12-18(17(2)32(16)19-9-10-22(28)23(29)13-19)14-31-27-25(21-7-3-4-8-24(21)35-27)26(33)30-15-20-6-5-11-34-20/h5-6,9-14H,3-4,7-8,15H2,1-2H3,(H,30,33). The van der Waals surface area contributed by atoms with Gasteiger partial charge in [-0.3, -0.25) is 4.79 Å². The molecule has 0 aliphatic heterocycles. The number of fused-ring (bicyclic) bond motifs is 1. The predicted molar refractivity (Wildman–Crippen MR) is 143 cm³/mol. The minimum atomic E-state index is -0.103. The number of carbonyl (C=O) groups is 1. The first-order valence-corrected chi connectivity index (χ1v) is 13.1. The van der Waals surface area contributed by atoms with E-state index in [0.29, 0.717) is 22.2 Å². The third-order valence-corrected chi connectivity index (χ3v) is 8.27. The molecule has 1 N–H and O–H groups in total. The van der Waals surface area contributed by atoms with E-state index in [1.807, 2.05) is 44.3 Å². The largest absolute Gasteiger partial charge is 0.467 e. The molecule has 5 rings (SSSR count). The van der Waals surface area contributed by atoms with Crippen LogP contribution in [0.2, 0.25) is 10.0 Å². The number of hydrogen-bond acceptors (Lipinski definition) is 4. The van der Waals surface area contributed by atoms with E-state index in [0.717, 1.165) is 64.6 Å². The molecule has 0 saturated carbocycles. The van der Waals surface area contributed by atoms with Crippen LogP contribution in [-0.4, -0.2) is 16.7 Å². The summed E-state index contributed by atoms with van der Waals surface area (Å²) < 4.78 is 7.49. The van der Waals surface area contributed by atoms with Gasteiger partial charge in [0, 0.05) is 33.7 Å². The minimum Gasteiger partial charge on any atom is -0.467 e. The van der Waals surface area contributed by atoms with E-state index in [4.69, 9.17) is 32.6 Å². The second kappa shape index (κ2) is 10.1. The average Bonchev–Trinajstić information content (AvgIpc) is 3.56. The van der Waals surface area contributed by atoms with Gasteiger partial charge in [-0.1, -0.05) is 23.2 Å². The maximum atomic E-state index is 13.2. The van der Waals surface area contributed by atoms with Gasteiger partial charge in [-0.2, -0.15) is 0 Å². The number of nitrogens with zero attached hydrogens (tertiary/aromatic N) is 2. The van der Waals surface area contributed by atoms with Crippen LogP contribution in [0.25, 0.3) is 5.69 Å². The lowest BCUT2D eigenvalue weighted by molar-refractivity contribution is 0.0948. The number of thiophene rings is 1. The van der Waals surface area contributed by atoms with Crippen molar-refractivity contribution in [3.63, 3.8) is 0 Å². The smallest absolute Gasteiger partial charge is 0.255 e. The van der Waals surface area contributed by atoms with E-state index < -0.39 is 0 Å². The highest BCUT2D eigenvalue weighted by molar-refractivity contribution is 7.16. The van der Waals surface area contributed by atoms with Crippen molar-refractivity contribution in [1.82, 2.24) is 9.88 Å². The number of furan rings is 1. The van der Waals surface area contributed by atoms with E-state index >= 15 is 0 Å². The number of carbonyl (C=O) groups excluding carboxylic acids is 1. The molecular weight excluding hydrogens is 501 g/mol. The summed E-state index contributed by atoms with van der Waals surface area (Å²) in [7, 11) is 0. The zero-order chi connectivity index (χ0) is 24.5. The summed E-state index contributed by atoms with van der Waals surface area (Å²) in [4.78, 5) is 19.3. The van der Waals surface area contributed by atoms with Crippen molar-refractivity contribution in [3.8, 4) is 5.69 Å². The zero-order valence-corrected chi connectivity index (χ0v) is 21.9. The summed E-state index contributed by atoms with van der Waals surface area (Å²) >= 11 is 14.0. The fraction of sp³-hybridized carbons (Fsp3) is 0.259. The molecule has 5 nitrogen and oxygen atoms in total. The molecule has 0 spiro atoms. The summed E-state index contributed by atoms with van der Waals surface area (Å²) in [5, 5.41) is 4.80. The number of aromatic nitrogens is 1. The Balaban J connectivity index is 1.46. The third kappa shape index (κ3) is 4.83. The number of halogens is 2. The van der Waals surface area contributed by atoms with Gasteiger partial charge in [0.05, 0.1) is 28.4 Å². The van der Waals surface area contributed by atoms with Crippen LogP contribution in [-0.2, 0) is 19.4 Å². The van der Waals surface area contributed by atoms with Gasteiger partial charge in [-0.15, -0.1) is 11.3 Å². The average molecular weight is 526 g/mol. The molecule has 0 bridgehead atoms. The molecule has 1 amide bonds. The van der Waals surface area contributed by atoms with Crippen LogP contribution in [0.1, 0.15) is 56.4 Å². The molecule has 1 aliphatic carbocycles. The maximum Gasteiger partial charge on any atom is 0.255 e. The summed E-state index contributed by atoms with van der Waals surface area (Å²) in [6.07, 6.45) is 7.62. The molecule has 4 aromatic rings. The van der Waals surface area contributed by atoms with Crippen LogP contribution >= 0.6 is 34.5 Å². The summed E-state index contributed by atoms with van der Waals surface area (Å²) in [5.74, 6) is 0.622. The molecule has 1 aromatic carbocycles. The van der Waals surface area contributed by atoms with Crippen molar-refractivity contribution < 1.29 is 9.21 Å². The molecule has 0 radical (unpaired) electrons. The van der Waals surface area contributed by atoms with Gasteiger partial charge in [-0.25, -0.2) is 4.99 Å². The van der Waals surface area contributed by atoms with Crippen LogP contribution in [0.15, 0.2) is 52.1 Å². The Kier molecular flexibility index (Phi) is 6.87. The van der Waals surface area contributed by atoms with Crippen LogP contribution in [0.4, 0.5) is 5.00 Å². The van der Waals surface area contributed by atoms with Gasteiger partial charge in [0.1, 0.15) is 10.8 Å². The Morgan fingerprint density at radius 3 is 2.77 bits per heavy atom. The molecule has 0 fully saturated rings. The number of hydrogen-bond donors (Lipinski definition) is 1. The first kappa shape index (κ1) is 23.9. The lowest BCUT2D eigenvalue weighted by Crippen LogP contribution is -2.23. The van der Waals surface area contributed by atoms with Gasteiger partial charge >= 0.3 is 0 Å². The fourth-order valence-electron chi connectivity index (χ4n) is 4.61. The van der Waals surface area contributed by atoms with Gasteiger partial charge in [0.2, 0.25) is 0 Å². The van der Waals surface area contributed by atoms with E-state index in [9.17, 15) is 4.79 Å². The van der Waals surface area contributed by atoms with Crippen molar-refractivity contribution in [3.05, 3.63) is 91.4 Å². The second-order valence-corrected chi connectivity index (χ2v) is 10.6. The van der Waals surface area contributed by atoms with Crippen LogP contribution in [0.5, 0.6) is 0 Å². The number of rotatable bonds is 6. The number of benzene rings is 1. The monoisotopic (exact) mass is 525 g/mol. The second-order valence-electron chi connectivity index (χ2n) is 8.67. The van der Waals surface area contributed by atoms with Gasteiger partial charge in [-0.05, 0) is 81.5 Å². The molecule has 180 valence electrons. The van der Waals surface area contributed by atoms with Gasteiger partial charge in [0.25, 0.3) is 5.91 Å². The van der Waals surface area contributed by atoms with Crippen molar-refractivity contribution in [2.24, 2.45) is 4.99 Å². The highest BCUT2D eigenvalue weighted by atomic mass is 35.5. The molecule has 1 aliphatic rings. The normalized spacial score (nSPS) is 13.4. The highest BCUT2D eigenvalue weighted by Crippen LogP contribution is 2.40. The van der Waals surface area contributed by atoms with Crippen LogP contribution in [0.3, 0.4) is 0 Å². The summed E-state index contributed by atoms with van der Waals surface area (Å²) in [6, 6.07) is 11.4. The van der Waals surface area contributed by atoms with E-state index in [-0.39, 0.29) is 5.91 Å². The van der Waals surface area contributed by atoms with E-state index in [2.05, 4.69) is 16.0 Å². The van der Waals surface area contributed by atoms with E-state index in [1.54, 1.807) is 23.7 Å². The molecule has 8 heteroatoms. The van der Waals surface area contributed by atoms with Gasteiger partial charge in [0.15, 0.2) is 0 Å². The third-order valence-electron chi connectivity index (χ3n) is 6.34. The Hall–Kier alpha value is -2.80. The highest BCUT2D eigenvalue weighted by Gasteiger charge is 2.25.